The number of carbonyl (C=O) groups excluding carboxylic acids is 1. The smallest absolute Gasteiger partial charge is 0.258 e. The zero-order chi connectivity index (χ0) is 15.2. The average Bonchev–Trinajstić information content (AvgIpc) is 3.00. The Bertz CT molecular complexity index is 762. The number of nitriles is 1. The van der Waals surface area contributed by atoms with Crippen LogP contribution in [0.1, 0.15) is 20.8 Å². The molecule has 104 valence electrons. The highest BCUT2D eigenvalue weighted by Crippen LogP contribution is 2.22. The maximum atomic E-state index is 12.4. The molecule has 0 saturated carbocycles. The molecule has 0 fully saturated rings. The first-order chi connectivity index (χ1) is 10.2. The van der Waals surface area contributed by atoms with E-state index in [1.165, 1.54) is 16.2 Å². The average molecular weight is 296 g/mol. The molecule has 0 aliphatic heterocycles. The van der Waals surface area contributed by atoms with Crippen LogP contribution in [0, 0.1) is 23.2 Å². The van der Waals surface area contributed by atoms with Crippen LogP contribution in [-0.4, -0.2) is 24.7 Å². The number of anilines is 1. The molecule has 1 aromatic carbocycles. The van der Waals surface area contributed by atoms with Crippen molar-refractivity contribution in [3.05, 3.63) is 51.7 Å². The topological polar surface area (TPSA) is 64.3 Å². The molecule has 0 unspecified atom stereocenters. The lowest BCUT2D eigenvalue weighted by Gasteiger charge is -2.17. The Kier molecular flexibility index (Phi) is 4.73. The van der Waals surface area contributed by atoms with E-state index >= 15 is 0 Å². The van der Waals surface area contributed by atoms with E-state index in [4.69, 9.17) is 10.4 Å². The molecule has 1 N–H and O–H groups in total. The van der Waals surface area contributed by atoms with Crippen molar-refractivity contribution in [2.75, 3.05) is 18.6 Å². The predicted molar refractivity (Wildman–Crippen MR) is 82.2 cm³/mol. The van der Waals surface area contributed by atoms with Gasteiger partial charge in [-0.3, -0.25) is 4.79 Å². The van der Waals surface area contributed by atoms with Gasteiger partial charge in [0.15, 0.2) is 0 Å². The van der Waals surface area contributed by atoms with E-state index in [0.717, 1.165) is 4.88 Å². The predicted octanol–water partition coefficient (Wildman–Crippen LogP) is 2.24. The standard InChI is InChI=1S/C16H12N2O2S/c1-18(15-7-3-2-5-12(15)10-17)16(20)13-9-14(21-11-13)6-4-8-19/h2-3,5,7,9,11,19H,8H2,1H3. The minimum atomic E-state index is -0.212. The zero-order valence-electron chi connectivity index (χ0n) is 11.3. The van der Waals surface area contributed by atoms with Crippen LogP contribution in [0.15, 0.2) is 35.7 Å². The van der Waals surface area contributed by atoms with Crippen molar-refractivity contribution in [3.63, 3.8) is 0 Å². The van der Waals surface area contributed by atoms with Crippen molar-refractivity contribution >= 4 is 22.9 Å². The number of amides is 1. The van der Waals surface area contributed by atoms with Crippen LogP contribution >= 0.6 is 11.3 Å². The Morgan fingerprint density at radius 1 is 1.43 bits per heavy atom. The first kappa shape index (κ1) is 14.8. The number of hydrogen-bond donors (Lipinski definition) is 1. The Hall–Kier alpha value is -2.60. The second kappa shape index (κ2) is 6.71. The summed E-state index contributed by atoms with van der Waals surface area (Å²) in [6, 6.07) is 10.7. The first-order valence-corrected chi connectivity index (χ1v) is 7.00. The fourth-order valence-corrected chi connectivity index (χ4v) is 2.55. The number of aliphatic hydroxyl groups excluding tert-OH is 1. The van der Waals surface area contributed by atoms with E-state index in [9.17, 15) is 4.79 Å². The number of para-hydroxylation sites is 1. The highest BCUT2D eigenvalue weighted by atomic mass is 32.1. The van der Waals surface area contributed by atoms with Crippen molar-refractivity contribution in [1.29, 1.82) is 5.26 Å². The van der Waals surface area contributed by atoms with Crippen LogP contribution in [0.25, 0.3) is 0 Å². The van der Waals surface area contributed by atoms with Gasteiger partial charge in [-0.25, -0.2) is 0 Å². The van der Waals surface area contributed by atoms with Gasteiger partial charge in [0.2, 0.25) is 0 Å². The van der Waals surface area contributed by atoms with Crippen LogP contribution in [0.4, 0.5) is 5.69 Å². The van der Waals surface area contributed by atoms with Crippen molar-refractivity contribution in [3.8, 4) is 17.9 Å². The van der Waals surface area contributed by atoms with Gasteiger partial charge in [-0.15, -0.1) is 11.3 Å². The van der Waals surface area contributed by atoms with Gasteiger partial charge in [-0.1, -0.05) is 24.0 Å². The molecule has 4 nitrogen and oxygen atoms in total. The highest BCUT2D eigenvalue weighted by molar-refractivity contribution is 7.10. The quantitative estimate of drug-likeness (QED) is 0.864. The molecule has 0 aliphatic carbocycles. The molecule has 0 bridgehead atoms. The summed E-state index contributed by atoms with van der Waals surface area (Å²) in [6.07, 6.45) is 0. The number of rotatable bonds is 2. The molecule has 1 aromatic heterocycles. The summed E-state index contributed by atoms with van der Waals surface area (Å²) < 4.78 is 0. The van der Waals surface area contributed by atoms with Gasteiger partial charge in [0, 0.05) is 12.4 Å². The largest absolute Gasteiger partial charge is 0.384 e. The fourth-order valence-electron chi connectivity index (χ4n) is 1.80. The van der Waals surface area contributed by atoms with Crippen LogP contribution in [0.2, 0.25) is 0 Å². The van der Waals surface area contributed by atoms with Crippen molar-refractivity contribution in [2.45, 2.75) is 0 Å². The van der Waals surface area contributed by atoms with Gasteiger partial charge in [-0.2, -0.15) is 5.26 Å². The molecule has 0 aliphatic rings. The molecule has 1 heterocycles. The third-order valence-electron chi connectivity index (χ3n) is 2.83. The summed E-state index contributed by atoms with van der Waals surface area (Å²) in [7, 11) is 1.63. The van der Waals surface area contributed by atoms with E-state index < -0.39 is 0 Å². The van der Waals surface area contributed by atoms with Crippen molar-refractivity contribution < 1.29 is 9.90 Å². The molecule has 21 heavy (non-hydrogen) atoms. The summed E-state index contributed by atoms with van der Waals surface area (Å²) in [5, 5.41) is 19.5. The summed E-state index contributed by atoms with van der Waals surface area (Å²) in [6.45, 7) is -0.212. The number of aliphatic hydroxyl groups is 1. The van der Waals surface area contributed by atoms with Gasteiger partial charge < -0.3 is 10.0 Å². The molecule has 2 aromatic rings. The molecule has 2 rings (SSSR count). The molecule has 0 saturated heterocycles. The molecule has 0 atom stereocenters. The maximum absolute atomic E-state index is 12.4. The monoisotopic (exact) mass is 296 g/mol. The molecule has 0 radical (unpaired) electrons. The van der Waals surface area contributed by atoms with Crippen LogP contribution in [0.3, 0.4) is 0 Å². The van der Waals surface area contributed by atoms with Crippen molar-refractivity contribution in [2.24, 2.45) is 0 Å². The zero-order valence-corrected chi connectivity index (χ0v) is 12.1. The number of thiophene rings is 1. The van der Waals surface area contributed by atoms with Gasteiger partial charge in [0.25, 0.3) is 5.91 Å². The summed E-state index contributed by atoms with van der Waals surface area (Å²) >= 11 is 1.34. The van der Waals surface area contributed by atoms with Crippen molar-refractivity contribution in [1.82, 2.24) is 0 Å². The minimum absolute atomic E-state index is 0.203. The van der Waals surface area contributed by atoms with Crippen LogP contribution in [0.5, 0.6) is 0 Å². The first-order valence-electron chi connectivity index (χ1n) is 6.13. The third kappa shape index (κ3) is 3.29. The Morgan fingerprint density at radius 3 is 2.90 bits per heavy atom. The van der Waals surface area contributed by atoms with E-state index in [1.54, 1.807) is 42.8 Å². The lowest BCUT2D eigenvalue weighted by atomic mass is 10.1. The minimum Gasteiger partial charge on any atom is -0.384 e. The number of hydrogen-bond acceptors (Lipinski definition) is 4. The summed E-state index contributed by atoms with van der Waals surface area (Å²) in [4.78, 5) is 14.6. The second-order valence-electron chi connectivity index (χ2n) is 4.15. The van der Waals surface area contributed by atoms with Crippen LogP contribution < -0.4 is 4.90 Å². The fraction of sp³-hybridized carbons (Fsp3) is 0.125. The lowest BCUT2D eigenvalue weighted by molar-refractivity contribution is 0.0993. The van der Waals surface area contributed by atoms with Gasteiger partial charge in [0.05, 0.1) is 21.7 Å². The highest BCUT2D eigenvalue weighted by Gasteiger charge is 2.17. The molecule has 0 spiro atoms. The van der Waals surface area contributed by atoms with E-state index in [0.29, 0.717) is 16.8 Å². The van der Waals surface area contributed by atoms with E-state index in [-0.39, 0.29) is 12.5 Å². The van der Waals surface area contributed by atoms with E-state index in [1.807, 2.05) is 0 Å². The van der Waals surface area contributed by atoms with E-state index in [2.05, 4.69) is 17.9 Å². The molecule has 1 amide bonds. The Morgan fingerprint density at radius 2 is 2.19 bits per heavy atom. The Balaban J connectivity index is 2.27. The molecular weight excluding hydrogens is 284 g/mol. The lowest BCUT2D eigenvalue weighted by Crippen LogP contribution is -2.26. The van der Waals surface area contributed by atoms with Gasteiger partial charge >= 0.3 is 0 Å². The number of nitrogens with zero attached hydrogens (tertiary/aromatic N) is 2. The Labute approximate surface area is 126 Å². The normalized spacial score (nSPS) is 9.38. The van der Waals surface area contributed by atoms with Crippen LogP contribution in [-0.2, 0) is 0 Å². The summed E-state index contributed by atoms with van der Waals surface area (Å²) in [5.41, 5.74) is 1.53. The van der Waals surface area contributed by atoms with Gasteiger partial charge in [0.1, 0.15) is 12.7 Å². The number of carbonyl (C=O) groups is 1. The number of benzene rings is 1. The van der Waals surface area contributed by atoms with Gasteiger partial charge in [-0.05, 0) is 18.2 Å². The second-order valence-corrected chi connectivity index (χ2v) is 5.06. The summed E-state index contributed by atoms with van der Waals surface area (Å²) in [5.74, 6) is 5.11. The molecule has 5 heteroatoms. The maximum Gasteiger partial charge on any atom is 0.258 e. The third-order valence-corrected chi connectivity index (χ3v) is 3.67. The molecular formula is C16H12N2O2S. The SMILES string of the molecule is CN(C(=O)c1csc(C#CCO)c1)c1ccccc1C#N.